The molecule has 0 amide bonds. The van der Waals surface area contributed by atoms with Crippen molar-refractivity contribution in [1.29, 1.82) is 0 Å². The van der Waals surface area contributed by atoms with Crippen LogP contribution in [0.4, 0.5) is 0 Å². The van der Waals surface area contributed by atoms with Crippen molar-refractivity contribution in [3.05, 3.63) is 68.5 Å². The van der Waals surface area contributed by atoms with Crippen molar-refractivity contribution in [1.82, 2.24) is 14.0 Å². The van der Waals surface area contributed by atoms with Crippen molar-refractivity contribution in [2.24, 2.45) is 14.1 Å². The van der Waals surface area contributed by atoms with Gasteiger partial charge in [-0.05, 0) is 12.6 Å². The van der Waals surface area contributed by atoms with Crippen molar-refractivity contribution < 1.29 is 0 Å². The molecule has 0 unspecified atom stereocenters. The fourth-order valence-electron chi connectivity index (χ4n) is 2.16. The molecule has 0 spiro atoms. The molecule has 0 saturated heterocycles. The second-order valence-electron chi connectivity index (χ2n) is 5.03. The summed E-state index contributed by atoms with van der Waals surface area (Å²) in [7, 11) is 5.14. The van der Waals surface area contributed by atoms with Crippen LogP contribution in [0.2, 0.25) is 0 Å². The first-order valence-electron chi connectivity index (χ1n) is 6.47. The van der Waals surface area contributed by atoms with Crippen LogP contribution in [0.3, 0.4) is 0 Å². The Morgan fingerprint density at radius 2 is 1.65 bits per heavy atom. The van der Waals surface area contributed by atoms with E-state index in [4.69, 9.17) is 0 Å². The van der Waals surface area contributed by atoms with Crippen molar-refractivity contribution in [2.75, 3.05) is 7.05 Å². The molecule has 5 nitrogen and oxygen atoms in total. The van der Waals surface area contributed by atoms with E-state index < -0.39 is 0 Å². The van der Waals surface area contributed by atoms with Crippen molar-refractivity contribution in [2.45, 2.75) is 13.1 Å². The van der Waals surface area contributed by atoms with Gasteiger partial charge in [-0.25, -0.2) is 4.79 Å². The van der Waals surface area contributed by atoms with E-state index in [2.05, 4.69) is 17.0 Å². The summed E-state index contributed by atoms with van der Waals surface area (Å²) < 4.78 is 2.63. The van der Waals surface area contributed by atoms with E-state index in [0.717, 1.165) is 16.8 Å². The minimum absolute atomic E-state index is 0.267. The molecular formula is C15H19N3O2. The van der Waals surface area contributed by atoms with Crippen LogP contribution in [-0.4, -0.2) is 21.1 Å². The van der Waals surface area contributed by atoms with Crippen molar-refractivity contribution in [3.8, 4) is 0 Å². The van der Waals surface area contributed by atoms with E-state index in [1.807, 2.05) is 25.2 Å². The predicted octanol–water partition coefficient (Wildman–Crippen LogP) is 0.716. The van der Waals surface area contributed by atoms with Crippen molar-refractivity contribution in [3.63, 3.8) is 0 Å². The summed E-state index contributed by atoms with van der Waals surface area (Å²) in [4.78, 5) is 25.6. The molecule has 0 atom stereocenters. The zero-order chi connectivity index (χ0) is 14.7. The molecule has 1 heterocycles. The van der Waals surface area contributed by atoms with Gasteiger partial charge in [0.1, 0.15) is 0 Å². The minimum atomic E-state index is -0.291. The highest BCUT2D eigenvalue weighted by Gasteiger charge is 2.08. The second-order valence-corrected chi connectivity index (χ2v) is 5.03. The first-order valence-corrected chi connectivity index (χ1v) is 6.47. The van der Waals surface area contributed by atoms with Gasteiger partial charge in [-0.3, -0.25) is 18.8 Å². The molecule has 0 aliphatic carbocycles. The Labute approximate surface area is 117 Å². The van der Waals surface area contributed by atoms with E-state index in [1.165, 1.54) is 23.2 Å². The molecule has 106 valence electrons. The van der Waals surface area contributed by atoms with Crippen LogP contribution in [0.5, 0.6) is 0 Å². The smallest absolute Gasteiger partial charge is 0.299 e. The third-order valence-corrected chi connectivity index (χ3v) is 3.35. The maximum Gasteiger partial charge on any atom is 0.330 e. The van der Waals surface area contributed by atoms with E-state index in [-0.39, 0.29) is 11.2 Å². The lowest BCUT2D eigenvalue weighted by Crippen LogP contribution is -2.39. The van der Waals surface area contributed by atoms with Gasteiger partial charge in [0.15, 0.2) is 0 Å². The summed E-state index contributed by atoms with van der Waals surface area (Å²) in [5, 5.41) is 0. The first-order chi connectivity index (χ1) is 9.49. The van der Waals surface area contributed by atoms with E-state index in [0.29, 0.717) is 6.54 Å². The van der Waals surface area contributed by atoms with Gasteiger partial charge in [0.2, 0.25) is 0 Å². The van der Waals surface area contributed by atoms with Gasteiger partial charge >= 0.3 is 5.69 Å². The van der Waals surface area contributed by atoms with Crippen LogP contribution in [-0.2, 0) is 27.2 Å². The monoisotopic (exact) mass is 273 g/mol. The normalized spacial score (nSPS) is 11.0. The summed E-state index contributed by atoms with van der Waals surface area (Å²) >= 11 is 0. The van der Waals surface area contributed by atoms with Crippen LogP contribution in [0.15, 0.2) is 46.0 Å². The van der Waals surface area contributed by atoms with E-state index >= 15 is 0 Å². The fraction of sp³-hybridized carbons (Fsp3) is 0.333. The molecule has 2 aromatic rings. The van der Waals surface area contributed by atoms with Gasteiger partial charge in [-0.15, -0.1) is 0 Å². The van der Waals surface area contributed by atoms with Gasteiger partial charge in [-0.2, -0.15) is 0 Å². The molecule has 0 N–H and O–H groups in total. The maximum atomic E-state index is 11.9. The van der Waals surface area contributed by atoms with E-state index in [9.17, 15) is 9.59 Å². The predicted molar refractivity (Wildman–Crippen MR) is 78.5 cm³/mol. The number of nitrogens with zero attached hydrogens (tertiary/aromatic N) is 3. The summed E-state index contributed by atoms with van der Waals surface area (Å²) in [6.45, 7) is 1.32. The highest BCUT2D eigenvalue weighted by molar-refractivity contribution is 5.14. The lowest BCUT2D eigenvalue weighted by Gasteiger charge is -2.18. The Balaban J connectivity index is 2.18. The molecule has 5 heteroatoms. The van der Waals surface area contributed by atoms with Gasteiger partial charge in [0.05, 0.1) is 0 Å². The Bertz CT molecular complexity index is 701. The van der Waals surface area contributed by atoms with Crippen LogP contribution in [0.1, 0.15) is 11.3 Å². The highest BCUT2D eigenvalue weighted by atomic mass is 16.2. The van der Waals surface area contributed by atoms with Crippen LogP contribution in [0, 0.1) is 0 Å². The first kappa shape index (κ1) is 14.3. The number of hydrogen-bond acceptors (Lipinski definition) is 3. The zero-order valence-corrected chi connectivity index (χ0v) is 12.0. The summed E-state index contributed by atoms with van der Waals surface area (Å²) in [6.07, 6.45) is 0. The summed E-state index contributed by atoms with van der Waals surface area (Å²) in [5.74, 6) is 0. The summed E-state index contributed by atoms with van der Waals surface area (Å²) in [6, 6.07) is 11.6. The third kappa shape index (κ3) is 3.05. The second kappa shape index (κ2) is 5.88. The molecule has 1 aromatic carbocycles. The Kier molecular flexibility index (Phi) is 4.20. The number of aromatic nitrogens is 2. The van der Waals surface area contributed by atoms with Gasteiger partial charge < -0.3 is 0 Å². The maximum absolute atomic E-state index is 11.9. The molecule has 0 saturated carbocycles. The molecule has 0 aliphatic heterocycles. The van der Waals surface area contributed by atoms with Crippen LogP contribution >= 0.6 is 0 Å². The molecule has 0 fully saturated rings. The lowest BCUT2D eigenvalue weighted by atomic mass is 10.2. The van der Waals surface area contributed by atoms with Crippen LogP contribution in [0.25, 0.3) is 0 Å². The number of benzene rings is 1. The average Bonchev–Trinajstić information content (AvgIpc) is 2.43. The highest BCUT2D eigenvalue weighted by Crippen LogP contribution is 2.05. The van der Waals surface area contributed by atoms with Gasteiger partial charge in [0.25, 0.3) is 5.56 Å². The Morgan fingerprint density at radius 1 is 1.00 bits per heavy atom. The Morgan fingerprint density at radius 3 is 2.30 bits per heavy atom. The number of rotatable bonds is 4. The molecule has 0 aliphatic rings. The zero-order valence-electron chi connectivity index (χ0n) is 12.0. The van der Waals surface area contributed by atoms with Crippen molar-refractivity contribution >= 4 is 0 Å². The lowest BCUT2D eigenvalue weighted by molar-refractivity contribution is 0.308. The standard InChI is InChI=1S/C15H19N3O2/c1-16(10-12-7-5-4-6-8-12)11-13-9-14(19)18(3)15(20)17(13)2/h4-9H,10-11H2,1-3H3. The minimum Gasteiger partial charge on any atom is -0.299 e. The van der Waals surface area contributed by atoms with Gasteiger partial charge in [0, 0.05) is 38.9 Å². The van der Waals surface area contributed by atoms with E-state index in [1.54, 1.807) is 7.05 Å². The number of hydrogen-bond donors (Lipinski definition) is 0. The third-order valence-electron chi connectivity index (χ3n) is 3.35. The SMILES string of the molecule is CN(Cc1ccccc1)Cc1cc(=O)n(C)c(=O)n1C. The molecule has 0 radical (unpaired) electrons. The fourth-order valence-corrected chi connectivity index (χ4v) is 2.16. The quantitative estimate of drug-likeness (QED) is 0.824. The topological polar surface area (TPSA) is 47.2 Å². The molecular weight excluding hydrogens is 254 g/mol. The molecule has 1 aromatic heterocycles. The average molecular weight is 273 g/mol. The molecule has 20 heavy (non-hydrogen) atoms. The largest absolute Gasteiger partial charge is 0.330 e. The summed E-state index contributed by atoms with van der Waals surface area (Å²) in [5.41, 5.74) is 1.36. The Hall–Kier alpha value is -2.14. The molecule has 2 rings (SSSR count). The van der Waals surface area contributed by atoms with Crippen LogP contribution < -0.4 is 11.2 Å². The van der Waals surface area contributed by atoms with Gasteiger partial charge in [-0.1, -0.05) is 30.3 Å². The molecule has 0 bridgehead atoms.